The van der Waals surface area contributed by atoms with Crippen molar-refractivity contribution in [2.45, 2.75) is 39.7 Å². The molecule has 0 spiro atoms. The first kappa shape index (κ1) is 21.9. The fraction of sp³-hybridized carbons (Fsp3) is 0.526. The molecule has 0 atom stereocenters. The average molecular weight is 500 g/mol. The molecule has 6 nitrogen and oxygen atoms in total. The Balaban J connectivity index is 0.00000261. The lowest BCUT2D eigenvalue weighted by Crippen LogP contribution is -2.37. The lowest BCUT2D eigenvalue weighted by Gasteiger charge is -2.16. The topological polar surface area (TPSA) is 65.4 Å². The van der Waals surface area contributed by atoms with Gasteiger partial charge in [0.25, 0.3) is 0 Å². The van der Waals surface area contributed by atoms with E-state index in [-0.39, 0.29) is 24.0 Å². The van der Waals surface area contributed by atoms with Crippen LogP contribution >= 0.6 is 35.3 Å². The Kier molecular flexibility index (Phi) is 8.75. The number of pyridine rings is 1. The molecular weight excluding hydrogens is 471 g/mol. The van der Waals surface area contributed by atoms with Gasteiger partial charge in [-0.25, -0.2) is 9.97 Å². The monoisotopic (exact) mass is 500 g/mol. The molecule has 1 saturated heterocycles. The highest BCUT2D eigenvalue weighted by Crippen LogP contribution is 2.18. The Hall–Kier alpha value is -1.42. The van der Waals surface area contributed by atoms with Crippen molar-refractivity contribution in [3.63, 3.8) is 0 Å². The fourth-order valence-corrected chi connectivity index (χ4v) is 3.93. The Morgan fingerprint density at radius 3 is 2.59 bits per heavy atom. The Morgan fingerprint density at radius 2 is 2.00 bits per heavy atom. The number of thiazole rings is 1. The number of aryl methyl sites for hydroxylation is 2. The van der Waals surface area contributed by atoms with Gasteiger partial charge < -0.3 is 15.5 Å². The molecule has 0 saturated carbocycles. The minimum atomic E-state index is 0. The zero-order chi connectivity index (χ0) is 18.4. The van der Waals surface area contributed by atoms with E-state index < -0.39 is 0 Å². The van der Waals surface area contributed by atoms with Gasteiger partial charge in [-0.05, 0) is 38.3 Å². The van der Waals surface area contributed by atoms with Crippen LogP contribution in [0.15, 0.2) is 23.3 Å². The maximum atomic E-state index is 4.60. The third kappa shape index (κ3) is 6.31. The Morgan fingerprint density at radius 1 is 1.22 bits per heavy atom. The summed E-state index contributed by atoms with van der Waals surface area (Å²) in [5.41, 5.74) is 2.29. The van der Waals surface area contributed by atoms with E-state index in [1.807, 2.05) is 6.20 Å². The summed E-state index contributed by atoms with van der Waals surface area (Å²) in [4.78, 5) is 17.1. The van der Waals surface area contributed by atoms with Crippen molar-refractivity contribution in [3.8, 4) is 0 Å². The zero-order valence-corrected chi connectivity index (χ0v) is 19.4. The van der Waals surface area contributed by atoms with Gasteiger partial charge in [-0.2, -0.15) is 0 Å². The summed E-state index contributed by atoms with van der Waals surface area (Å²) in [5, 5.41) is 7.87. The van der Waals surface area contributed by atoms with E-state index in [2.05, 4.69) is 56.5 Å². The van der Waals surface area contributed by atoms with E-state index in [1.165, 1.54) is 22.7 Å². The van der Waals surface area contributed by atoms with E-state index >= 15 is 0 Å². The van der Waals surface area contributed by atoms with Crippen molar-refractivity contribution >= 4 is 47.1 Å². The summed E-state index contributed by atoms with van der Waals surface area (Å²) < 4.78 is 0. The molecular formula is C19H29IN6S. The zero-order valence-electron chi connectivity index (χ0n) is 16.3. The van der Waals surface area contributed by atoms with Crippen molar-refractivity contribution < 1.29 is 0 Å². The van der Waals surface area contributed by atoms with Gasteiger partial charge in [0.2, 0.25) is 0 Å². The molecule has 3 heterocycles. The molecule has 27 heavy (non-hydrogen) atoms. The third-order valence-electron chi connectivity index (χ3n) is 4.63. The van der Waals surface area contributed by atoms with Gasteiger partial charge >= 0.3 is 0 Å². The minimum Gasteiger partial charge on any atom is -0.357 e. The molecule has 2 aromatic heterocycles. The number of guanidine groups is 1. The normalized spacial score (nSPS) is 14.2. The molecule has 0 aliphatic carbocycles. The van der Waals surface area contributed by atoms with E-state index in [0.29, 0.717) is 6.54 Å². The molecule has 1 aliphatic heterocycles. The number of rotatable bonds is 6. The summed E-state index contributed by atoms with van der Waals surface area (Å²) in [6, 6.07) is 4.26. The third-order valence-corrected chi connectivity index (χ3v) is 5.76. The Bertz CT molecular complexity index is 718. The molecule has 3 rings (SSSR count). The molecule has 1 fully saturated rings. The van der Waals surface area contributed by atoms with E-state index in [9.17, 15) is 0 Å². The van der Waals surface area contributed by atoms with E-state index in [4.69, 9.17) is 0 Å². The smallest absolute Gasteiger partial charge is 0.191 e. The number of hydrogen-bond acceptors (Lipinski definition) is 5. The van der Waals surface area contributed by atoms with Crippen LogP contribution in [0.25, 0.3) is 0 Å². The van der Waals surface area contributed by atoms with Crippen molar-refractivity contribution in [3.05, 3.63) is 39.5 Å². The van der Waals surface area contributed by atoms with Crippen LogP contribution in [0.3, 0.4) is 0 Å². The van der Waals surface area contributed by atoms with Crippen LogP contribution in [-0.4, -0.2) is 42.6 Å². The maximum absolute atomic E-state index is 4.60. The van der Waals surface area contributed by atoms with Crippen LogP contribution in [0.4, 0.5) is 5.82 Å². The second kappa shape index (κ2) is 10.8. The molecule has 2 aromatic rings. The predicted molar refractivity (Wildman–Crippen MR) is 125 cm³/mol. The van der Waals surface area contributed by atoms with Crippen molar-refractivity contribution in [1.29, 1.82) is 0 Å². The maximum Gasteiger partial charge on any atom is 0.191 e. The molecule has 1 aliphatic rings. The SMILES string of the molecule is CN=C(NCCc1nc(C)c(C)s1)NCc1ccc(N2CCCC2)nc1.I. The van der Waals surface area contributed by atoms with Gasteiger partial charge in [0, 0.05) is 50.7 Å². The molecule has 148 valence electrons. The summed E-state index contributed by atoms with van der Waals surface area (Å²) in [5.74, 6) is 1.89. The number of nitrogens with one attached hydrogen (secondary N) is 2. The molecule has 0 bridgehead atoms. The van der Waals surface area contributed by atoms with Gasteiger partial charge in [-0.15, -0.1) is 35.3 Å². The van der Waals surface area contributed by atoms with Crippen LogP contribution in [-0.2, 0) is 13.0 Å². The van der Waals surface area contributed by atoms with Crippen molar-refractivity contribution in [2.75, 3.05) is 31.6 Å². The molecule has 0 aromatic carbocycles. The molecule has 8 heteroatoms. The number of halogens is 1. The largest absolute Gasteiger partial charge is 0.357 e. The number of aromatic nitrogens is 2. The van der Waals surface area contributed by atoms with Gasteiger partial charge in [-0.3, -0.25) is 4.99 Å². The van der Waals surface area contributed by atoms with Crippen LogP contribution < -0.4 is 15.5 Å². The lowest BCUT2D eigenvalue weighted by molar-refractivity contribution is 0.788. The standard InChI is InChI=1S/C19H28N6S.HI/c1-14-15(2)26-18(24-14)8-9-21-19(20-3)23-13-16-6-7-17(22-12-16)25-10-4-5-11-25;/h6-7,12H,4-5,8-11,13H2,1-3H3,(H2,20,21,23);1H. The van der Waals surface area contributed by atoms with Crippen LogP contribution in [0.1, 0.15) is 34.0 Å². The first-order chi connectivity index (χ1) is 12.7. The quantitative estimate of drug-likeness (QED) is 0.362. The number of nitrogens with zero attached hydrogens (tertiary/aromatic N) is 4. The molecule has 0 radical (unpaired) electrons. The highest BCUT2D eigenvalue weighted by Gasteiger charge is 2.13. The molecule has 0 unspecified atom stereocenters. The van der Waals surface area contributed by atoms with E-state index in [1.54, 1.807) is 18.4 Å². The highest BCUT2D eigenvalue weighted by molar-refractivity contribution is 14.0. The summed E-state index contributed by atoms with van der Waals surface area (Å²) in [6.07, 6.45) is 5.40. The van der Waals surface area contributed by atoms with E-state index in [0.717, 1.165) is 49.1 Å². The van der Waals surface area contributed by atoms with Crippen molar-refractivity contribution in [2.24, 2.45) is 4.99 Å². The van der Waals surface area contributed by atoms with Gasteiger partial charge in [0.05, 0.1) is 10.7 Å². The summed E-state index contributed by atoms with van der Waals surface area (Å²) in [7, 11) is 1.79. The summed E-state index contributed by atoms with van der Waals surface area (Å²) in [6.45, 7) is 7.96. The van der Waals surface area contributed by atoms with Crippen LogP contribution in [0.2, 0.25) is 0 Å². The first-order valence-corrected chi connectivity index (χ1v) is 10.0. The van der Waals surface area contributed by atoms with Crippen LogP contribution in [0, 0.1) is 13.8 Å². The van der Waals surface area contributed by atoms with Gasteiger partial charge in [0.15, 0.2) is 5.96 Å². The molecule has 2 N–H and O–H groups in total. The second-order valence-corrected chi connectivity index (χ2v) is 7.86. The minimum absolute atomic E-state index is 0. The number of hydrogen-bond donors (Lipinski definition) is 2. The second-order valence-electron chi connectivity index (χ2n) is 6.57. The number of aliphatic imine (C=N–C) groups is 1. The predicted octanol–water partition coefficient (Wildman–Crippen LogP) is 3.28. The Labute approximate surface area is 182 Å². The summed E-state index contributed by atoms with van der Waals surface area (Å²) >= 11 is 1.77. The van der Waals surface area contributed by atoms with Crippen LogP contribution in [0.5, 0.6) is 0 Å². The van der Waals surface area contributed by atoms with Crippen molar-refractivity contribution in [1.82, 2.24) is 20.6 Å². The highest BCUT2D eigenvalue weighted by atomic mass is 127. The fourth-order valence-electron chi connectivity index (χ4n) is 2.99. The van der Waals surface area contributed by atoms with Gasteiger partial charge in [-0.1, -0.05) is 6.07 Å². The first-order valence-electron chi connectivity index (χ1n) is 9.23. The average Bonchev–Trinajstić information content (AvgIpc) is 3.29. The van der Waals surface area contributed by atoms with Gasteiger partial charge in [0.1, 0.15) is 5.82 Å². The lowest BCUT2D eigenvalue weighted by atomic mass is 10.3. The molecule has 0 amide bonds. The number of anilines is 1.